The summed E-state index contributed by atoms with van der Waals surface area (Å²) in [6.07, 6.45) is 0. The average Bonchev–Trinajstić information content (AvgIpc) is 2.48. The third kappa shape index (κ3) is 3.98. The second-order valence-corrected chi connectivity index (χ2v) is 7.23. The number of benzene rings is 1. The molecule has 1 heterocycles. The predicted molar refractivity (Wildman–Crippen MR) is 84.6 cm³/mol. The first-order chi connectivity index (χ1) is 9.92. The van der Waals surface area contributed by atoms with E-state index in [4.69, 9.17) is 5.73 Å². The first-order valence-electron chi connectivity index (χ1n) is 6.93. The molecule has 1 aromatic carbocycles. The second-order valence-electron chi connectivity index (χ2n) is 5.59. The first kappa shape index (κ1) is 15.9. The minimum Gasteiger partial charge on any atom is -0.350 e. The van der Waals surface area contributed by atoms with Crippen LogP contribution in [0.25, 0.3) is 0 Å². The maximum absolute atomic E-state index is 12.1. The topological polar surface area (TPSA) is 84.2 Å². The molecule has 0 aromatic heterocycles. The molecule has 0 unspecified atom stereocenters. The Morgan fingerprint density at radius 2 is 2.00 bits per heavy atom. The van der Waals surface area contributed by atoms with E-state index in [9.17, 15) is 9.59 Å². The van der Waals surface area contributed by atoms with Crippen LogP contribution < -0.4 is 16.4 Å². The van der Waals surface area contributed by atoms with Gasteiger partial charge in [0.05, 0.1) is 4.75 Å². The molecule has 1 aliphatic heterocycles. The Kier molecular flexibility index (Phi) is 4.90. The molecular formula is C15H21N3O2S. The zero-order valence-corrected chi connectivity index (χ0v) is 13.1. The van der Waals surface area contributed by atoms with Gasteiger partial charge in [-0.3, -0.25) is 9.59 Å². The summed E-state index contributed by atoms with van der Waals surface area (Å²) in [5.74, 6) is 0.358. The van der Waals surface area contributed by atoms with Crippen molar-refractivity contribution in [3.05, 3.63) is 35.4 Å². The number of carbonyl (C=O) groups is 2. The lowest BCUT2D eigenvalue weighted by Crippen LogP contribution is -2.57. The number of amides is 2. The average molecular weight is 307 g/mol. The van der Waals surface area contributed by atoms with Crippen molar-refractivity contribution in [2.24, 2.45) is 5.73 Å². The van der Waals surface area contributed by atoms with Crippen LogP contribution in [0.3, 0.4) is 0 Å². The highest BCUT2D eigenvalue weighted by molar-refractivity contribution is 8.01. The molecule has 2 amide bonds. The quantitative estimate of drug-likeness (QED) is 0.767. The number of hydrogen-bond donors (Lipinski definition) is 3. The Bertz CT molecular complexity index is 528. The van der Waals surface area contributed by atoms with E-state index in [-0.39, 0.29) is 11.8 Å². The highest BCUT2D eigenvalue weighted by Gasteiger charge is 2.37. The molecule has 1 fully saturated rings. The van der Waals surface area contributed by atoms with Gasteiger partial charge in [0.1, 0.15) is 6.04 Å². The van der Waals surface area contributed by atoms with Gasteiger partial charge >= 0.3 is 0 Å². The van der Waals surface area contributed by atoms with E-state index in [2.05, 4.69) is 10.6 Å². The summed E-state index contributed by atoms with van der Waals surface area (Å²) in [5, 5.41) is 5.63. The van der Waals surface area contributed by atoms with Gasteiger partial charge in [-0.1, -0.05) is 24.3 Å². The van der Waals surface area contributed by atoms with Crippen LogP contribution in [0.1, 0.15) is 25.0 Å². The van der Waals surface area contributed by atoms with Crippen LogP contribution in [-0.2, 0) is 22.7 Å². The highest BCUT2D eigenvalue weighted by atomic mass is 32.2. The van der Waals surface area contributed by atoms with Crippen LogP contribution in [0.5, 0.6) is 0 Å². The summed E-state index contributed by atoms with van der Waals surface area (Å²) in [4.78, 5) is 23.9. The Morgan fingerprint density at radius 3 is 2.57 bits per heavy atom. The van der Waals surface area contributed by atoms with Crippen molar-refractivity contribution in [1.29, 1.82) is 0 Å². The van der Waals surface area contributed by atoms with Gasteiger partial charge in [0, 0.05) is 18.8 Å². The van der Waals surface area contributed by atoms with E-state index in [1.54, 1.807) is 0 Å². The second kappa shape index (κ2) is 6.49. The van der Waals surface area contributed by atoms with Gasteiger partial charge in [-0.2, -0.15) is 0 Å². The van der Waals surface area contributed by atoms with Crippen LogP contribution in [-0.4, -0.2) is 28.4 Å². The molecule has 0 spiro atoms. The highest BCUT2D eigenvalue weighted by Crippen LogP contribution is 2.28. The van der Waals surface area contributed by atoms with Gasteiger partial charge in [-0.15, -0.1) is 11.8 Å². The fraction of sp³-hybridized carbons (Fsp3) is 0.467. The summed E-state index contributed by atoms with van der Waals surface area (Å²) in [6, 6.07) is 7.32. The van der Waals surface area contributed by atoms with Crippen molar-refractivity contribution >= 4 is 23.6 Å². The van der Waals surface area contributed by atoms with Gasteiger partial charge in [0.25, 0.3) is 0 Å². The van der Waals surface area contributed by atoms with Gasteiger partial charge in [-0.25, -0.2) is 0 Å². The third-order valence-corrected chi connectivity index (χ3v) is 4.91. The molecule has 0 bridgehead atoms. The molecule has 1 saturated heterocycles. The minimum absolute atomic E-state index is 0.0915. The van der Waals surface area contributed by atoms with Crippen molar-refractivity contribution in [3.8, 4) is 0 Å². The van der Waals surface area contributed by atoms with Crippen LogP contribution in [0.4, 0.5) is 0 Å². The zero-order chi connectivity index (χ0) is 15.5. The summed E-state index contributed by atoms with van der Waals surface area (Å²) in [6.45, 7) is 4.68. The Morgan fingerprint density at radius 1 is 1.38 bits per heavy atom. The molecule has 114 valence electrons. The number of hydrogen-bond acceptors (Lipinski definition) is 4. The Labute approximate surface area is 129 Å². The number of thioether (sulfide) groups is 1. The Hall–Kier alpha value is -1.53. The molecule has 0 radical (unpaired) electrons. The molecule has 6 heteroatoms. The molecule has 4 N–H and O–H groups in total. The van der Waals surface area contributed by atoms with Crippen LogP contribution >= 0.6 is 11.8 Å². The molecule has 1 atom stereocenters. The van der Waals surface area contributed by atoms with Gasteiger partial charge in [0.15, 0.2) is 0 Å². The summed E-state index contributed by atoms with van der Waals surface area (Å²) >= 11 is 1.50. The summed E-state index contributed by atoms with van der Waals surface area (Å²) < 4.78 is -0.463. The molecule has 1 aromatic rings. The van der Waals surface area contributed by atoms with Crippen molar-refractivity contribution in [2.75, 3.05) is 5.75 Å². The lowest BCUT2D eigenvalue weighted by atomic mass is 10.1. The van der Waals surface area contributed by atoms with Crippen molar-refractivity contribution in [3.63, 3.8) is 0 Å². The number of nitrogens with two attached hydrogens (primary N) is 1. The van der Waals surface area contributed by atoms with Gasteiger partial charge < -0.3 is 16.4 Å². The lowest BCUT2D eigenvalue weighted by Gasteiger charge is -2.32. The molecule has 0 aliphatic carbocycles. The third-order valence-electron chi connectivity index (χ3n) is 3.50. The van der Waals surface area contributed by atoms with Crippen LogP contribution in [0, 0.1) is 0 Å². The number of nitrogens with one attached hydrogen (secondary N) is 2. The Balaban J connectivity index is 1.86. The van der Waals surface area contributed by atoms with Crippen molar-refractivity contribution in [1.82, 2.24) is 10.6 Å². The molecule has 21 heavy (non-hydrogen) atoms. The van der Waals surface area contributed by atoms with Crippen molar-refractivity contribution in [2.45, 2.75) is 37.7 Å². The summed E-state index contributed by atoms with van der Waals surface area (Å²) in [5.41, 5.74) is 7.61. The number of carbonyl (C=O) groups excluding carboxylic acids is 2. The van der Waals surface area contributed by atoms with Crippen LogP contribution in [0.15, 0.2) is 24.3 Å². The van der Waals surface area contributed by atoms with Crippen LogP contribution in [0.2, 0.25) is 0 Å². The van der Waals surface area contributed by atoms with Crippen molar-refractivity contribution < 1.29 is 9.59 Å². The smallest absolute Gasteiger partial charge is 0.243 e. The maximum Gasteiger partial charge on any atom is 0.243 e. The standard InChI is InChI=1S/C15H21N3O2S/c1-15(2)14(20)18-12(9-21-15)13(19)17-8-11-5-3-10(7-16)4-6-11/h3-6,12H,7-9,16H2,1-2H3,(H,17,19)(H,18,20)/t12-/m1/s1. The van der Waals surface area contributed by atoms with Gasteiger partial charge in [-0.05, 0) is 25.0 Å². The molecule has 2 rings (SSSR count). The fourth-order valence-electron chi connectivity index (χ4n) is 1.98. The minimum atomic E-state index is -0.463. The van der Waals surface area contributed by atoms with E-state index in [1.807, 2.05) is 38.1 Å². The molecule has 5 nitrogen and oxygen atoms in total. The largest absolute Gasteiger partial charge is 0.350 e. The lowest BCUT2D eigenvalue weighted by molar-refractivity contribution is -0.129. The molecule has 1 aliphatic rings. The normalized spacial score (nSPS) is 20.7. The van der Waals surface area contributed by atoms with E-state index >= 15 is 0 Å². The monoisotopic (exact) mass is 307 g/mol. The predicted octanol–water partition coefficient (Wildman–Crippen LogP) is 0.772. The van der Waals surface area contributed by atoms with E-state index < -0.39 is 10.8 Å². The van der Waals surface area contributed by atoms with E-state index in [0.29, 0.717) is 18.8 Å². The van der Waals surface area contributed by atoms with E-state index in [1.165, 1.54) is 11.8 Å². The SMILES string of the molecule is CC1(C)SC[C@H](C(=O)NCc2ccc(CN)cc2)NC1=O. The molecule has 0 saturated carbocycles. The number of rotatable bonds is 4. The fourth-order valence-corrected chi connectivity index (χ4v) is 2.99. The van der Waals surface area contributed by atoms with Gasteiger partial charge in [0.2, 0.25) is 11.8 Å². The van der Waals surface area contributed by atoms with E-state index in [0.717, 1.165) is 11.1 Å². The zero-order valence-electron chi connectivity index (χ0n) is 12.3. The maximum atomic E-state index is 12.1. The molecular weight excluding hydrogens is 286 g/mol. The first-order valence-corrected chi connectivity index (χ1v) is 7.91. The summed E-state index contributed by atoms with van der Waals surface area (Å²) in [7, 11) is 0.